The van der Waals surface area contributed by atoms with Crippen molar-refractivity contribution in [3.8, 4) is 5.69 Å². The van der Waals surface area contributed by atoms with Crippen LogP contribution in [0.25, 0.3) is 5.69 Å². The van der Waals surface area contributed by atoms with E-state index in [-0.39, 0.29) is 5.91 Å². The maximum absolute atomic E-state index is 13.7. The van der Waals surface area contributed by atoms with Crippen molar-refractivity contribution < 1.29 is 4.79 Å². The van der Waals surface area contributed by atoms with Gasteiger partial charge >= 0.3 is 0 Å². The highest BCUT2D eigenvalue weighted by molar-refractivity contribution is 5.98. The minimum absolute atomic E-state index is 0.0534. The molecule has 0 bridgehead atoms. The SMILES string of the molecule is Cc1ccc(C2c3nnnn3-c3ccccc3C(=O)N2Cc2ccccc2)cc1. The Kier molecular flexibility index (Phi) is 4.17. The number of aromatic nitrogens is 4. The van der Waals surface area contributed by atoms with Gasteiger partial charge in [0.15, 0.2) is 5.82 Å². The van der Waals surface area contributed by atoms with Crippen molar-refractivity contribution in [2.75, 3.05) is 0 Å². The molecule has 29 heavy (non-hydrogen) atoms. The molecule has 0 N–H and O–H groups in total. The van der Waals surface area contributed by atoms with Crippen LogP contribution in [-0.4, -0.2) is 31.0 Å². The number of aryl methyl sites for hydroxylation is 1. The molecule has 0 spiro atoms. The Hall–Kier alpha value is -3.80. The van der Waals surface area contributed by atoms with E-state index in [4.69, 9.17) is 0 Å². The number of hydrogen-bond donors (Lipinski definition) is 0. The molecule has 1 atom stereocenters. The van der Waals surface area contributed by atoms with Crippen LogP contribution in [0.1, 0.15) is 38.9 Å². The molecule has 0 radical (unpaired) electrons. The minimum Gasteiger partial charge on any atom is -0.320 e. The van der Waals surface area contributed by atoms with Crippen LogP contribution in [0.4, 0.5) is 0 Å². The third-order valence-electron chi connectivity index (χ3n) is 5.26. The Morgan fingerprint density at radius 2 is 1.62 bits per heavy atom. The fraction of sp³-hybridized carbons (Fsp3) is 0.130. The fourth-order valence-electron chi connectivity index (χ4n) is 3.81. The van der Waals surface area contributed by atoms with Gasteiger partial charge in [-0.15, -0.1) is 5.10 Å². The second-order valence-electron chi connectivity index (χ2n) is 7.20. The van der Waals surface area contributed by atoms with Gasteiger partial charge in [-0.1, -0.05) is 72.3 Å². The van der Waals surface area contributed by atoms with Gasteiger partial charge in [0.2, 0.25) is 0 Å². The fourth-order valence-corrected chi connectivity index (χ4v) is 3.81. The molecule has 142 valence electrons. The van der Waals surface area contributed by atoms with E-state index in [2.05, 4.69) is 15.5 Å². The molecule has 5 rings (SSSR count). The molecule has 6 nitrogen and oxygen atoms in total. The molecule has 1 aliphatic rings. The monoisotopic (exact) mass is 381 g/mol. The highest BCUT2D eigenvalue weighted by Crippen LogP contribution is 2.35. The van der Waals surface area contributed by atoms with Crippen LogP contribution in [0.5, 0.6) is 0 Å². The summed E-state index contributed by atoms with van der Waals surface area (Å²) >= 11 is 0. The van der Waals surface area contributed by atoms with Gasteiger partial charge in [0, 0.05) is 6.54 Å². The lowest BCUT2D eigenvalue weighted by atomic mass is 10.0. The molecule has 0 aliphatic carbocycles. The number of carbonyl (C=O) groups is 1. The van der Waals surface area contributed by atoms with E-state index in [0.29, 0.717) is 23.6 Å². The summed E-state index contributed by atoms with van der Waals surface area (Å²) in [6.45, 7) is 2.50. The van der Waals surface area contributed by atoms with Crippen molar-refractivity contribution in [3.63, 3.8) is 0 Å². The molecule has 1 aromatic heterocycles. The quantitative estimate of drug-likeness (QED) is 0.543. The predicted molar refractivity (Wildman–Crippen MR) is 108 cm³/mol. The summed E-state index contributed by atoms with van der Waals surface area (Å²) in [5.74, 6) is 0.574. The van der Waals surface area contributed by atoms with Crippen molar-refractivity contribution in [1.82, 2.24) is 25.1 Å². The number of tetrazole rings is 1. The lowest BCUT2D eigenvalue weighted by molar-refractivity contribution is 0.0690. The molecule has 1 unspecified atom stereocenters. The second-order valence-corrected chi connectivity index (χ2v) is 7.20. The molecule has 1 aliphatic heterocycles. The number of fused-ring (bicyclic) bond motifs is 3. The number of para-hydroxylation sites is 1. The zero-order valence-corrected chi connectivity index (χ0v) is 15.9. The van der Waals surface area contributed by atoms with Gasteiger partial charge in [-0.3, -0.25) is 4.79 Å². The summed E-state index contributed by atoms with van der Waals surface area (Å²) in [4.78, 5) is 15.6. The van der Waals surface area contributed by atoms with Crippen molar-refractivity contribution in [1.29, 1.82) is 0 Å². The van der Waals surface area contributed by atoms with Crippen LogP contribution >= 0.6 is 0 Å². The third kappa shape index (κ3) is 2.99. The van der Waals surface area contributed by atoms with Crippen LogP contribution in [-0.2, 0) is 6.54 Å². The summed E-state index contributed by atoms with van der Waals surface area (Å²) in [7, 11) is 0. The number of rotatable bonds is 3. The summed E-state index contributed by atoms with van der Waals surface area (Å²) in [5.41, 5.74) is 4.48. The summed E-state index contributed by atoms with van der Waals surface area (Å²) in [6, 6.07) is 25.3. The zero-order valence-electron chi connectivity index (χ0n) is 15.9. The van der Waals surface area contributed by atoms with Gasteiger partial charge in [-0.2, -0.15) is 4.68 Å². The van der Waals surface area contributed by atoms with Gasteiger partial charge in [-0.25, -0.2) is 0 Å². The van der Waals surface area contributed by atoms with Crippen LogP contribution in [0.2, 0.25) is 0 Å². The molecular weight excluding hydrogens is 362 g/mol. The minimum atomic E-state index is -0.397. The number of benzene rings is 3. The molecule has 2 heterocycles. The van der Waals surface area contributed by atoms with Gasteiger partial charge in [0.05, 0.1) is 11.3 Å². The zero-order chi connectivity index (χ0) is 19.8. The first-order valence-electron chi connectivity index (χ1n) is 9.51. The van der Waals surface area contributed by atoms with E-state index in [1.807, 2.05) is 90.7 Å². The van der Waals surface area contributed by atoms with Crippen molar-refractivity contribution in [2.45, 2.75) is 19.5 Å². The Morgan fingerprint density at radius 3 is 2.41 bits per heavy atom. The largest absolute Gasteiger partial charge is 0.320 e. The molecule has 0 fully saturated rings. The van der Waals surface area contributed by atoms with E-state index in [1.165, 1.54) is 0 Å². The van der Waals surface area contributed by atoms with Crippen molar-refractivity contribution in [2.24, 2.45) is 0 Å². The summed E-state index contributed by atoms with van der Waals surface area (Å²) in [5, 5.41) is 12.5. The van der Waals surface area contributed by atoms with E-state index >= 15 is 0 Å². The number of carbonyl (C=O) groups excluding carboxylic acids is 1. The second kappa shape index (κ2) is 6.98. The number of amides is 1. The molecule has 0 saturated carbocycles. The van der Waals surface area contributed by atoms with Gasteiger partial charge in [0.1, 0.15) is 6.04 Å². The normalized spacial score (nSPS) is 15.6. The first-order valence-corrected chi connectivity index (χ1v) is 9.51. The van der Waals surface area contributed by atoms with E-state index in [1.54, 1.807) is 4.68 Å². The molecule has 6 heteroatoms. The Morgan fingerprint density at radius 1 is 0.897 bits per heavy atom. The van der Waals surface area contributed by atoms with Crippen LogP contribution in [0.3, 0.4) is 0 Å². The standard InChI is InChI=1S/C23H19N5O/c1-16-11-13-18(14-12-16)21-22-24-25-26-28(22)20-10-6-5-9-19(20)23(29)27(21)15-17-7-3-2-4-8-17/h2-14,21H,15H2,1H3. The van der Waals surface area contributed by atoms with Crippen LogP contribution in [0.15, 0.2) is 78.9 Å². The third-order valence-corrected chi connectivity index (χ3v) is 5.26. The Labute approximate surface area is 168 Å². The maximum atomic E-state index is 13.7. The van der Waals surface area contributed by atoms with Crippen LogP contribution < -0.4 is 0 Å². The van der Waals surface area contributed by atoms with Gasteiger partial charge in [-0.05, 0) is 40.6 Å². The molecule has 0 saturated heterocycles. The average Bonchev–Trinajstić information content (AvgIpc) is 3.21. The molecular formula is C23H19N5O. The lowest BCUT2D eigenvalue weighted by Gasteiger charge is -2.29. The Bertz CT molecular complexity index is 1170. The topological polar surface area (TPSA) is 63.9 Å². The van der Waals surface area contributed by atoms with Gasteiger partial charge < -0.3 is 4.90 Å². The average molecular weight is 381 g/mol. The molecule has 3 aromatic carbocycles. The van der Waals surface area contributed by atoms with E-state index in [9.17, 15) is 4.79 Å². The molecule has 4 aromatic rings. The highest BCUT2D eigenvalue weighted by Gasteiger charge is 2.36. The van der Waals surface area contributed by atoms with Crippen LogP contribution in [0, 0.1) is 6.92 Å². The van der Waals surface area contributed by atoms with Gasteiger partial charge in [0.25, 0.3) is 5.91 Å². The van der Waals surface area contributed by atoms with E-state index in [0.717, 1.165) is 16.7 Å². The predicted octanol–water partition coefficient (Wildman–Crippen LogP) is 3.72. The molecule has 1 amide bonds. The van der Waals surface area contributed by atoms with E-state index < -0.39 is 6.04 Å². The first-order chi connectivity index (χ1) is 14.2. The summed E-state index contributed by atoms with van der Waals surface area (Å²) < 4.78 is 1.68. The van der Waals surface area contributed by atoms with Crippen molar-refractivity contribution >= 4 is 5.91 Å². The smallest absolute Gasteiger partial charge is 0.257 e. The lowest BCUT2D eigenvalue weighted by Crippen LogP contribution is -2.34. The number of nitrogens with zero attached hydrogens (tertiary/aromatic N) is 5. The first kappa shape index (κ1) is 17.3. The Balaban J connectivity index is 1.73. The van der Waals surface area contributed by atoms with Crippen molar-refractivity contribution in [3.05, 3.63) is 107 Å². The maximum Gasteiger partial charge on any atom is 0.257 e. The number of hydrogen-bond acceptors (Lipinski definition) is 4. The highest BCUT2D eigenvalue weighted by atomic mass is 16.2. The summed E-state index contributed by atoms with van der Waals surface area (Å²) in [6.07, 6.45) is 0.